The molecular weight excluding hydrogens is 508 g/mol. The van der Waals surface area contributed by atoms with E-state index in [1.54, 1.807) is 29.0 Å². The van der Waals surface area contributed by atoms with Crippen molar-refractivity contribution in [1.29, 1.82) is 0 Å². The monoisotopic (exact) mass is 535 g/mol. The highest BCUT2D eigenvalue weighted by Gasteiger charge is 2.42. The second-order valence-electron chi connectivity index (χ2n) is 9.30. The summed E-state index contributed by atoms with van der Waals surface area (Å²) in [6.07, 6.45) is 0.611. The molecule has 2 aromatic rings. The molecule has 192 valence electrons. The standard InChI is InChI=1S/C26H28Cl2FN3O4/c1-16(33)31-11-9-17(10-12-31)25(34)32-14-21(18-3-8-22(27)23(28)13-18)24(15-32)30(2)26(35)36-20-6-4-19(29)5-7-20/h3-8,13,17,21,24H,9-12,14-15H2,1-2H3/t21-,24+/m0/s1. The predicted molar refractivity (Wildman–Crippen MR) is 135 cm³/mol. The van der Waals surface area contributed by atoms with Gasteiger partial charge in [0.25, 0.3) is 0 Å². The molecule has 0 spiro atoms. The van der Waals surface area contributed by atoms with Crippen LogP contribution >= 0.6 is 23.2 Å². The summed E-state index contributed by atoms with van der Waals surface area (Å²) in [7, 11) is 1.63. The molecule has 3 amide bonds. The van der Waals surface area contributed by atoms with Crippen LogP contribution in [0.3, 0.4) is 0 Å². The maximum atomic E-state index is 13.4. The topological polar surface area (TPSA) is 70.2 Å². The molecule has 2 aliphatic rings. The van der Waals surface area contributed by atoms with E-state index in [4.69, 9.17) is 27.9 Å². The number of piperidine rings is 1. The van der Waals surface area contributed by atoms with Crippen LogP contribution in [0, 0.1) is 11.7 Å². The Morgan fingerprint density at radius 1 is 0.972 bits per heavy atom. The maximum Gasteiger partial charge on any atom is 0.415 e. The van der Waals surface area contributed by atoms with Gasteiger partial charge in [-0.25, -0.2) is 9.18 Å². The fraction of sp³-hybridized carbons (Fsp3) is 0.423. The van der Waals surface area contributed by atoms with Crippen LogP contribution in [0.2, 0.25) is 10.0 Å². The van der Waals surface area contributed by atoms with Gasteiger partial charge in [-0.3, -0.25) is 9.59 Å². The van der Waals surface area contributed by atoms with Gasteiger partial charge in [-0.05, 0) is 54.8 Å². The fourth-order valence-electron chi connectivity index (χ4n) is 4.94. The molecule has 0 unspecified atom stereocenters. The molecule has 2 atom stereocenters. The molecule has 0 bridgehead atoms. The number of carbonyl (C=O) groups excluding carboxylic acids is 3. The predicted octanol–water partition coefficient (Wildman–Crippen LogP) is 4.82. The van der Waals surface area contributed by atoms with Crippen molar-refractivity contribution in [3.8, 4) is 5.75 Å². The van der Waals surface area contributed by atoms with Crippen molar-refractivity contribution in [3.05, 3.63) is 63.9 Å². The Morgan fingerprint density at radius 2 is 1.64 bits per heavy atom. The van der Waals surface area contributed by atoms with Gasteiger partial charge in [-0.15, -0.1) is 0 Å². The molecule has 4 rings (SSSR count). The zero-order chi connectivity index (χ0) is 26.0. The summed E-state index contributed by atoms with van der Waals surface area (Å²) in [6, 6.07) is 10.1. The molecule has 0 N–H and O–H groups in total. The number of benzene rings is 2. The average Bonchev–Trinajstić information content (AvgIpc) is 3.31. The first-order chi connectivity index (χ1) is 17.1. The molecule has 0 aliphatic carbocycles. The Bertz CT molecular complexity index is 1140. The zero-order valence-corrected chi connectivity index (χ0v) is 21.6. The first kappa shape index (κ1) is 26.2. The van der Waals surface area contributed by atoms with Crippen molar-refractivity contribution >= 4 is 41.1 Å². The van der Waals surface area contributed by atoms with E-state index < -0.39 is 11.9 Å². The second kappa shape index (κ2) is 11.0. The van der Waals surface area contributed by atoms with Crippen LogP contribution in [0.1, 0.15) is 31.2 Å². The number of halogens is 3. The third-order valence-electron chi connectivity index (χ3n) is 7.07. The van der Waals surface area contributed by atoms with E-state index in [-0.39, 0.29) is 35.4 Å². The minimum Gasteiger partial charge on any atom is -0.410 e. The summed E-state index contributed by atoms with van der Waals surface area (Å²) in [5.74, 6) is -0.560. The minimum absolute atomic E-state index is 0.0168. The van der Waals surface area contributed by atoms with Gasteiger partial charge < -0.3 is 19.4 Å². The molecule has 0 radical (unpaired) electrons. The van der Waals surface area contributed by atoms with Crippen molar-refractivity contribution in [3.63, 3.8) is 0 Å². The van der Waals surface area contributed by atoms with Gasteiger partial charge in [0.05, 0.1) is 16.1 Å². The lowest BCUT2D eigenvalue weighted by Gasteiger charge is -2.32. The van der Waals surface area contributed by atoms with Crippen molar-refractivity contribution in [2.75, 3.05) is 33.2 Å². The van der Waals surface area contributed by atoms with Gasteiger partial charge in [0.2, 0.25) is 11.8 Å². The molecular formula is C26H28Cl2FN3O4. The van der Waals surface area contributed by atoms with Crippen molar-refractivity contribution in [1.82, 2.24) is 14.7 Å². The zero-order valence-electron chi connectivity index (χ0n) is 20.1. The number of hydrogen-bond acceptors (Lipinski definition) is 4. The number of likely N-dealkylation sites (N-methyl/N-ethyl adjacent to an activating group) is 1. The van der Waals surface area contributed by atoms with Gasteiger partial charge >= 0.3 is 6.09 Å². The summed E-state index contributed by atoms with van der Waals surface area (Å²) in [6.45, 7) is 3.39. The van der Waals surface area contributed by atoms with E-state index >= 15 is 0 Å². The Kier molecular flexibility index (Phi) is 8.05. The molecule has 2 aliphatic heterocycles. The lowest BCUT2D eigenvalue weighted by atomic mass is 9.93. The van der Waals surface area contributed by atoms with Crippen LogP contribution in [-0.2, 0) is 9.59 Å². The number of carbonyl (C=O) groups is 3. The molecule has 36 heavy (non-hydrogen) atoms. The van der Waals surface area contributed by atoms with E-state index in [9.17, 15) is 18.8 Å². The summed E-state index contributed by atoms with van der Waals surface area (Å²) in [5.41, 5.74) is 0.859. The van der Waals surface area contributed by atoms with Crippen LogP contribution in [0.15, 0.2) is 42.5 Å². The Labute approximate surface area is 219 Å². The Balaban J connectivity index is 1.52. The molecule has 0 aromatic heterocycles. The van der Waals surface area contributed by atoms with Gasteiger partial charge in [-0.2, -0.15) is 0 Å². The third-order valence-corrected chi connectivity index (χ3v) is 7.81. The second-order valence-corrected chi connectivity index (χ2v) is 10.1. The van der Waals surface area contributed by atoms with Gasteiger partial charge in [0.15, 0.2) is 0 Å². The molecule has 10 heteroatoms. The van der Waals surface area contributed by atoms with E-state index in [0.29, 0.717) is 49.1 Å². The number of nitrogens with zero attached hydrogens (tertiary/aromatic N) is 3. The van der Waals surface area contributed by atoms with Crippen LogP contribution in [0.5, 0.6) is 5.75 Å². The van der Waals surface area contributed by atoms with E-state index in [0.717, 1.165) is 5.56 Å². The Hall–Kier alpha value is -2.84. The molecule has 0 saturated carbocycles. The molecule has 2 saturated heterocycles. The van der Waals surface area contributed by atoms with Crippen LogP contribution in [0.4, 0.5) is 9.18 Å². The highest BCUT2D eigenvalue weighted by Crippen LogP contribution is 2.36. The van der Waals surface area contributed by atoms with E-state index in [2.05, 4.69) is 0 Å². The van der Waals surface area contributed by atoms with Crippen LogP contribution < -0.4 is 4.74 Å². The first-order valence-electron chi connectivity index (χ1n) is 11.8. The number of hydrogen-bond donors (Lipinski definition) is 0. The van der Waals surface area contributed by atoms with Gasteiger partial charge in [0, 0.05) is 52.0 Å². The maximum absolute atomic E-state index is 13.4. The number of amides is 3. The van der Waals surface area contributed by atoms with E-state index in [1.165, 1.54) is 36.1 Å². The third kappa shape index (κ3) is 5.76. The lowest BCUT2D eigenvalue weighted by Crippen LogP contribution is -2.45. The summed E-state index contributed by atoms with van der Waals surface area (Å²) in [4.78, 5) is 43.1. The van der Waals surface area contributed by atoms with Crippen molar-refractivity contribution < 1.29 is 23.5 Å². The fourth-order valence-corrected chi connectivity index (χ4v) is 5.25. The lowest BCUT2D eigenvalue weighted by molar-refractivity contribution is -0.139. The first-order valence-corrected chi connectivity index (χ1v) is 12.6. The minimum atomic E-state index is -0.610. The average molecular weight is 536 g/mol. The van der Waals surface area contributed by atoms with Gasteiger partial charge in [0.1, 0.15) is 11.6 Å². The molecule has 7 nitrogen and oxygen atoms in total. The smallest absolute Gasteiger partial charge is 0.410 e. The molecule has 2 aromatic carbocycles. The van der Waals surface area contributed by atoms with Gasteiger partial charge in [-0.1, -0.05) is 29.3 Å². The summed E-state index contributed by atoms with van der Waals surface area (Å²) in [5, 5.41) is 0.815. The van der Waals surface area contributed by atoms with E-state index in [1.807, 2.05) is 6.07 Å². The van der Waals surface area contributed by atoms with Crippen LogP contribution in [0.25, 0.3) is 0 Å². The summed E-state index contributed by atoms with van der Waals surface area (Å²) < 4.78 is 18.7. The number of likely N-dealkylation sites (tertiary alicyclic amines) is 2. The Morgan fingerprint density at radius 3 is 2.25 bits per heavy atom. The largest absolute Gasteiger partial charge is 0.415 e. The number of ether oxygens (including phenoxy) is 1. The highest BCUT2D eigenvalue weighted by atomic mass is 35.5. The SMILES string of the molecule is CC(=O)N1CCC(C(=O)N2C[C@@H](N(C)C(=O)Oc3ccc(F)cc3)[C@H](c3ccc(Cl)c(Cl)c3)C2)CC1. The quantitative estimate of drug-likeness (QED) is 0.562. The highest BCUT2D eigenvalue weighted by molar-refractivity contribution is 6.42. The molecule has 2 fully saturated rings. The molecule has 2 heterocycles. The summed E-state index contributed by atoms with van der Waals surface area (Å²) >= 11 is 12.4. The number of rotatable bonds is 4. The van der Waals surface area contributed by atoms with Crippen LogP contribution in [-0.4, -0.2) is 71.9 Å². The van der Waals surface area contributed by atoms with Crippen molar-refractivity contribution in [2.24, 2.45) is 5.92 Å². The van der Waals surface area contributed by atoms with Crippen molar-refractivity contribution in [2.45, 2.75) is 31.7 Å². The normalized spacial score (nSPS) is 20.4.